The quantitative estimate of drug-likeness (QED) is 0.758. The van der Waals surface area contributed by atoms with Gasteiger partial charge < -0.3 is 9.64 Å². The predicted octanol–water partition coefficient (Wildman–Crippen LogP) is 2.81. The van der Waals surface area contributed by atoms with Crippen molar-refractivity contribution < 1.29 is 14.3 Å². The Kier molecular flexibility index (Phi) is 3.95. The molecule has 0 heterocycles. The number of hydrogen-bond acceptors (Lipinski definition) is 3. The number of benzene rings is 1. The van der Waals surface area contributed by atoms with E-state index >= 15 is 0 Å². The zero-order chi connectivity index (χ0) is 16.7. The van der Waals surface area contributed by atoms with Crippen LogP contribution in [0.3, 0.4) is 0 Å². The van der Waals surface area contributed by atoms with Crippen molar-refractivity contribution in [3.63, 3.8) is 0 Å². The minimum atomic E-state index is -0.523. The largest absolute Gasteiger partial charge is 0.459 e. The molecule has 4 heteroatoms. The van der Waals surface area contributed by atoms with Gasteiger partial charge in [0.2, 0.25) is 5.91 Å². The predicted molar refractivity (Wildman–Crippen MR) is 87.7 cm³/mol. The van der Waals surface area contributed by atoms with E-state index in [0.29, 0.717) is 12.5 Å². The van der Waals surface area contributed by atoms with Crippen LogP contribution in [0.25, 0.3) is 0 Å². The molecule has 2 fully saturated rings. The maximum atomic E-state index is 12.7. The number of rotatable bonds is 6. The van der Waals surface area contributed by atoms with Gasteiger partial charge in [0.25, 0.3) is 0 Å². The molecule has 0 radical (unpaired) electrons. The van der Waals surface area contributed by atoms with Crippen molar-refractivity contribution in [3.8, 4) is 0 Å². The molecule has 23 heavy (non-hydrogen) atoms. The number of carbonyl (C=O) groups excluding carboxylic acids is 2. The van der Waals surface area contributed by atoms with Crippen molar-refractivity contribution in [2.45, 2.75) is 45.6 Å². The molecule has 0 aliphatic heterocycles. The molecule has 1 aromatic rings. The molecular weight excluding hydrogens is 290 g/mol. The summed E-state index contributed by atoms with van der Waals surface area (Å²) in [5.41, 5.74) is 0.541. The highest BCUT2D eigenvalue weighted by molar-refractivity contribution is 5.92. The van der Waals surface area contributed by atoms with Crippen LogP contribution in [0.4, 0.5) is 0 Å². The Balaban J connectivity index is 1.62. The summed E-state index contributed by atoms with van der Waals surface area (Å²) in [6, 6.07) is 10.1. The van der Waals surface area contributed by atoms with Crippen molar-refractivity contribution in [1.82, 2.24) is 4.90 Å². The molecule has 0 spiro atoms. The summed E-state index contributed by atoms with van der Waals surface area (Å²) in [6.07, 6.45) is 2.76. The van der Waals surface area contributed by atoms with Crippen LogP contribution in [0.5, 0.6) is 0 Å². The average Bonchev–Trinajstić information content (AvgIpc) is 3.31. The van der Waals surface area contributed by atoms with Crippen LogP contribution in [0.15, 0.2) is 30.3 Å². The zero-order valence-corrected chi connectivity index (χ0v) is 14.2. The molecule has 3 rings (SSSR count). The lowest BCUT2D eigenvalue weighted by molar-refractivity contribution is -0.159. The normalized spacial score (nSPS) is 24.6. The van der Waals surface area contributed by atoms with Gasteiger partial charge in [-0.05, 0) is 51.5 Å². The number of esters is 1. The highest BCUT2D eigenvalue weighted by atomic mass is 16.6. The highest BCUT2D eigenvalue weighted by Gasteiger charge is 2.75. The molecule has 0 N–H and O–H groups in total. The van der Waals surface area contributed by atoms with Gasteiger partial charge in [0.1, 0.15) is 12.1 Å². The van der Waals surface area contributed by atoms with E-state index in [9.17, 15) is 9.59 Å². The van der Waals surface area contributed by atoms with Crippen LogP contribution in [-0.2, 0) is 20.7 Å². The lowest BCUT2D eigenvalue weighted by Crippen LogP contribution is -2.41. The third-order valence-electron chi connectivity index (χ3n) is 4.65. The summed E-state index contributed by atoms with van der Waals surface area (Å²) >= 11 is 0. The maximum absolute atomic E-state index is 12.7. The molecule has 0 saturated heterocycles. The van der Waals surface area contributed by atoms with Gasteiger partial charge >= 0.3 is 5.97 Å². The monoisotopic (exact) mass is 315 g/mol. The fraction of sp³-hybridized carbons (Fsp3) is 0.579. The van der Waals surface area contributed by atoms with Crippen LogP contribution in [0, 0.1) is 11.3 Å². The van der Waals surface area contributed by atoms with Gasteiger partial charge in [-0.2, -0.15) is 0 Å². The molecular formula is C19H25NO3. The average molecular weight is 315 g/mol. The molecule has 2 aliphatic rings. The second kappa shape index (κ2) is 5.66. The van der Waals surface area contributed by atoms with Crippen LogP contribution < -0.4 is 0 Å². The number of nitrogens with zero attached hydrogens (tertiary/aromatic N) is 1. The SMILES string of the molecule is CC(C)(C)OC(=O)CN(CCc1ccccc1)C(=O)C12CC1C2. The van der Waals surface area contributed by atoms with Crippen molar-refractivity contribution in [2.75, 3.05) is 13.1 Å². The summed E-state index contributed by atoms with van der Waals surface area (Å²) in [6.45, 7) is 6.15. The van der Waals surface area contributed by atoms with Gasteiger partial charge in [-0.15, -0.1) is 0 Å². The van der Waals surface area contributed by atoms with E-state index in [2.05, 4.69) is 0 Å². The Bertz CT molecular complexity index is 597. The Labute approximate surface area is 137 Å². The third-order valence-corrected chi connectivity index (χ3v) is 4.65. The third kappa shape index (κ3) is 3.74. The van der Waals surface area contributed by atoms with Crippen molar-refractivity contribution in [3.05, 3.63) is 35.9 Å². The molecule has 2 saturated carbocycles. The van der Waals surface area contributed by atoms with Crippen LogP contribution in [0.1, 0.15) is 39.2 Å². The fourth-order valence-corrected chi connectivity index (χ4v) is 3.06. The summed E-state index contributed by atoms with van der Waals surface area (Å²) in [5.74, 6) is 0.394. The first-order valence-corrected chi connectivity index (χ1v) is 8.35. The molecule has 124 valence electrons. The van der Waals surface area contributed by atoms with Gasteiger partial charge in [-0.1, -0.05) is 30.3 Å². The molecule has 0 atom stereocenters. The van der Waals surface area contributed by atoms with E-state index in [1.165, 1.54) is 5.56 Å². The standard InChI is InChI=1S/C19H25NO3/c1-18(2,3)23-16(21)13-20(17(22)19-11-15(19)12-19)10-9-14-7-5-4-6-8-14/h4-8,15H,9-13H2,1-3H3. The van der Waals surface area contributed by atoms with E-state index in [-0.39, 0.29) is 23.8 Å². The first-order valence-electron chi connectivity index (χ1n) is 8.35. The van der Waals surface area contributed by atoms with Gasteiger partial charge in [0.15, 0.2) is 0 Å². The van der Waals surface area contributed by atoms with Crippen LogP contribution in [0.2, 0.25) is 0 Å². The number of amides is 1. The minimum absolute atomic E-state index is 0.0530. The fourth-order valence-electron chi connectivity index (χ4n) is 3.06. The molecule has 1 amide bonds. The molecule has 0 unspecified atom stereocenters. The van der Waals surface area contributed by atoms with Gasteiger partial charge in [0.05, 0.1) is 5.41 Å². The lowest BCUT2D eigenvalue weighted by atomic mass is 10.1. The van der Waals surface area contributed by atoms with Gasteiger partial charge in [-0.25, -0.2) is 0 Å². The van der Waals surface area contributed by atoms with E-state index in [1.54, 1.807) is 4.90 Å². The highest BCUT2D eigenvalue weighted by Crippen LogP contribution is 2.75. The van der Waals surface area contributed by atoms with Crippen molar-refractivity contribution >= 4 is 11.9 Å². The second-order valence-corrected chi connectivity index (χ2v) is 7.81. The zero-order valence-electron chi connectivity index (χ0n) is 14.2. The molecule has 2 aliphatic carbocycles. The smallest absolute Gasteiger partial charge is 0.326 e. The van der Waals surface area contributed by atoms with Crippen LogP contribution >= 0.6 is 0 Å². The van der Waals surface area contributed by atoms with E-state index < -0.39 is 5.60 Å². The summed E-state index contributed by atoms with van der Waals surface area (Å²) in [4.78, 5) is 26.5. The Morgan fingerprint density at radius 3 is 2.35 bits per heavy atom. The van der Waals surface area contributed by atoms with E-state index in [4.69, 9.17) is 4.74 Å². The number of ether oxygens (including phenoxy) is 1. The topological polar surface area (TPSA) is 46.6 Å². The van der Waals surface area contributed by atoms with Crippen molar-refractivity contribution in [1.29, 1.82) is 0 Å². The molecule has 0 bridgehead atoms. The number of fused-ring (bicyclic) bond motifs is 1. The van der Waals surface area contributed by atoms with E-state index in [0.717, 1.165) is 19.3 Å². The number of hydrogen-bond donors (Lipinski definition) is 0. The van der Waals surface area contributed by atoms with Gasteiger partial charge in [0, 0.05) is 6.54 Å². The first-order chi connectivity index (χ1) is 10.8. The number of carbonyl (C=O) groups is 2. The maximum Gasteiger partial charge on any atom is 0.326 e. The van der Waals surface area contributed by atoms with Crippen LogP contribution in [-0.4, -0.2) is 35.5 Å². The first kappa shape index (κ1) is 16.0. The Hall–Kier alpha value is -1.84. The second-order valence-electron chi connectivity index (χ2n) is 7.81. The molecule has 4 nitrogen and oxygen atoms in total. The summed E-state index contributed by atoms with van der Waals surface area (Å²) < 4.78 is 5.38. The summed E-state index contributed by atoms with van der Waals surface area (Å²) in [5, 5.41) is 0. The lowest BCUT2D eigenvalue weighted by Gasteiger charge is -2.26. The Morgan fingerprint density at radius 1 is 1.22 bits per heavy atom. The molecule has 1 aromatic carbocycles. The van der Waals surface area contributed by atoms with Crippen molar-refractivity contribution in [2.24, 2.45) is 11.3 Å². The van der Waals surface area contributed by atoms with Gasteiger partial charge in [-0.3, -0.25) is 9.59 Å². The summed E-state index contributed by atoms with van der Waals surface area (Å²) in [7, 11) is 0. The Morgan fingerprint density at radius 2 is 1.83 bits per heavy atom. The molecule has 0 aromatic heterocycles. The van der Waals surface area contributed by atoms with E-state index in [1.807, 2.05) is 51.1 Å². The minimum Gasteiger partial charge on any atom is -0.459 e.